The average Bonchev–Trinajstić information content (AvgIpc) is 2.76. The third-order valence-electron chi connectivity index (χ3n) is 3.31. The number of rotatable bonds is 5. The van der Waals surface area contributed by atoms with E-state index in [1.165, 1.54) is 14.0 Å². The summed E-state index contributed by atoms with van der Waals surface area (Å²) < 4.78 is 6.86. The highest BCUT2D eigenvalue weighted by Crippen LogP contribution is 2.21. The molecule has 116 valence electrons. The van der Waals surface area contributed by atoms with Gasteiger partial charge in [0.15, 0.2) is 5.78 Å². The zero-order chi connectivity index (χ0) is 16.3. The van der Waals surface area contributed by atoms with Crippen LogP contribution in [0.5, 0.6) is 5.75 Å². The number of amides is 1. The number of Topliss-reactive ketones (excluding diaryl/α,β-unsaturated/α-hetero) is 1. The lowest BCUT2D eigenvalue weighted by molar-refractivity contribution is -0.115. The van der Waals surface area contributed by atoms with Crippen molar-refractivity contribution >= 4 is 17.5 Å². The van der Waals surface area contributed by atoms with Crippen molar-refractivity contribution in [3.8, 4) is 5.75 Å². The van der Waals surface area contributed by atoms with Gasteiger partial charge < -0.3 is 10.1 Å². The number of hydrogen-bond acceptors (Lipinski definition) is 4. The number of ether oxygens (including phenoxy) is 1. The van der Waals surface area contributed by atoms with Crippen LogP contribution in [0.3, 0.4) is 0 Å². The van der Waals surface area contributed by atoms with Crippen molar-refractivity contribution in [2.45, 2.75) is 20.3 Å². The van der Waals surface area contributed by atoms with Crippen LogP contribution >= 0.6 is 0 Å². The Bertz CT molecular complexity index is 719. The van der Waals surface area contributed by atoms with Crippen molar-refractivity contribution in [1.29, 1.82) is 0 Å². The van der Waals surface area contributed by atoms with E-state index in [9.17, 15) is 9.59 Å². The van der Waals surface area contributed by atoms with Gasteiger partial charge in [-0.1, -0.05) is 0 Å². The van der Waals surface area contributed by atoms with E-state index >= 15 is 0 Å². The highest BCUT2D eigenvalue weighted by atomic mass is 16.5. The molecule has 22 heavy (non-hydrogen) atoms. The Kier molecular flexibility index (Phi) is 4.60. The molecule has 2 aromatic rings. The van der Waals surface area contributed by atoms with Crippen LogP contribution in [0.1, 0.15) is 28.5 Å². The zero-order valence-electron chi connectivity index (χ0n) is 13.1. The Morgan fingerprint density at radius 3 is 2.59 bits per heavy atom. The zero-order valence-corrected chi connectivity index (χ0v) is 13.1. The van der Waals surface area contributed by atoms with E-state index in [-0.39, 0.29) is 18.1 Å². The molecule has 0 fully saturated rings. The van der Waals surface area contributed by atoms with Gasteiger partial charge in [0.1, 0.15) is 11.6 Å². The number of ketones is 1. The number of aromatic nitrogens is 2. The minimum atomic E-state index is -0.193. The van der Waals surface area contributed by atoms with Crippen molar-refractivity contribution in [2.24, 2.45) is 7.05 Å². The summed E-state index contributed by atoms with van der Waals surface area (Å²) in [4.78, 5) is 23.7. The monoisotopic (exact) mass is 301 g/mol. The van der Waals surface area contributed by atoms with Gasteiger partial charge >= 0.3 is 0 Å². The molecule has 1 heterocycles. The van der Waals surface area contributed by atoms with E-state index in [0.717, 1.165) is 5.69 Å². The van der Waals surface area contributed by atoms with Crippen LogP contribution in [0.2, 0.25) is 0 Å². The summed E-state index contributed by atoms with van der Waals surface area (Å²) in [5.74, 6) is 0.971. The van der Waals surface area contributed by atoms with Crippen LogP contribution in [0, 0.1) is 6.92 Å². The highest BCUT2D eigenvalue weighted by Gasteiger charge is 2.13. The summed E-state index contributed by atoms with van der Waals surface area (Å²) in [6, 6.07) is 6.87. The summed E-state index contributed by atoms with van der Waals surface area (Å²) in [5, 5.41) is 6.98. The third kappa shape index (κ3) is 3.52. The smallest absolute Gasteiger partial charge is 0.230 e. The van der Waals surface area contributed by atoms with Crippen LogP contribution in [-0.4, -0.2) is 28.6 Å². The van der Waals surface area contributed by atoms with E-state index in [1.54, 1.807) is 36.0 Å². The lowest BCUT2D eigenvalue weighted by Gasteiger charge is -2.10. The minimum absolute atomic E-state index is 0.0495. The largest absolute Gasteiger partial charge is 0.496 e. The summed E-state index contributed by atoms with van der Waals surface area (Å²) in [6.07, 6.45) is 0.120. The van der Waals surface area contributed by atoms with Gasteiger partial charge in [0.05, 0.1) is 19.2 Å². The fourth-order valence-electron chi connectivity index (χ4n) is 2.22. The molecule has 0 unspecified atom stereocenters. The topological polar surface area (TPSA) is 73.2 Å². The molecule has 0 aliphatic rings. The van der Waals surface area contributed by atoms with Crippen molar-refractivity contribution in [3.63, 3.8) is 0 Å². The van der Waals surface area contributed by atoms with Crippen LogP contribution in [0.4, 0.5) is 5.82 Å². The number of methoxy groups -OCH3 is 1. The molecule has 1 N–H and O–H groups in total. The number of nitrogens with one attached hydrogen (secondary N) is 1. The first-order chi connectivity index (χ1) is 10.4. The van der Waals surface area contributed by atoms with E-state index < -0.39 is 0 Å². The standard InChI is InChI=1S/C16H19N3O3/c1-10-7-15(19(3)18-10)17-16(21)9-13-8-12(11(2)20)5-6-14(13)22-4/h5-8H,9H2,1-4H3,(H,17,21). The second kappa shape index (κ2) is 6.43. The maximum absolute atomic E-state index is 12.2. The van der Waals surface area contributed by atoms with Crippen molar-refractivity contribution in [3.05, 3.63) is 41.1 Å². The van der Waals surface area contributed by atoms with Gasteiger partial charge in [0.2, 0.25) is 5.91 Å². The van der Waals surface area contributed by atoms with Gasteiger partial charge in [-0.05, 0) is 32.0 Å². The first kappa shape index (κ1) is 15.8. The number of aryl methyl sites for hydroxylation is 2. The molecule has 6 nitrogen and oxygen atoms in total. The summed E-state index contributed by atoms with van der Waals surface area (Å²) >= 11 is 0. The van der Waals surface area contributed by atoms with Gasteiger partial charge in [-0.3, -0.25) is 14.3 Å². The molecule has 0 aliphatic heterocycles. The first-order valence-electron chi connectivity index (χ1n) is 6.89. The quantitative estimate of drug-likeness (QED) is 0.859. The molecule has 0 bridgehead atoms. The number of hydrogen-bond donors (Lipinski definition) is 1. The number of anilines is 1. The molecule has 2 rings (SSSR count). The Labute approximate surface area is 129 Å². The van der Waals surface area contributed by atoms with Gasteiger partial charge in [0, 0.05) is 24.2 Å². The fraction of sp³-hybridized carbons (Fsp3) is 0.312. The molecule has 1 aromatic carbocycles. The predicted octanol–water partition coefficient (Wildman–Crippen LogP) is 2.12. The second-order valence-electron chi connectivity index (χ2n) is 5.10. The highest BCUT2D eigenvalue weighted by molar-refractivity contribution is 5.96. The second-order valence-corrected chi connectivity index (χ2v) is 5.10. The molecular weight excluding hydrogens is 282 g/mol. The first-order valence-corrected chi connectivity index (χ1v) is 6.89. The maximum Gasteiger partial charge on any atom is 0.230 e. The van der Waals surface area contributed by atoms with Crippen LogP contribution in [0.15, 0.2) is 24.3 Å². The number of carbonyl (C=O) groups is 2. The molecule has 0 radical (unpaired) electrons. The lowest BCUT2D eigenvalue weighted by atomic mass is 10.0. The summed E-state index contributed by atoms with van der Waals surface area (Å²) in [6.45, 7) is 3.35. The van der Waals surface area contributed by atoms with Crippen molar-refractivity contribution < 1.29 is 14.3 Å². The lowest BCUT2D eigenvalue weighted by Crippen LogP contribution is -2.17. The van der Waals surface area contributed by atoms with Gasteiger partial charge in [-0.15, -0.1) is 0 Å². The van der Waals surface area contributed by atoms with Gasteiger partial charge in [-0.2, -0.15) is 5.10 Å². The molecular formula is C16H19N3O3. The van der Waals surface area contributed by atoms with E-state index in [1.807, 2.05) is 6.92 Å². The number of nitrogens with zero attached hydrogens (tertiary/aromatic N) is 2. The Balaban J connectivity index is 2.18. The normalized spacial score (nSPS) is 10.4. The van der Waals surface area contributed by atoms with Crippen LogP contribution in [0.25, 0.3) is 0 Å². The van der Waals surface area contributed by atoms with E-state index in [0.29, 0.717) is 22.7 Å². The molecule has 0 saturated carbocycles. The molecule has 1 amide bonds. The Morgan fingerprint density at radius 1 is 1.32 bits per heavy atom. The SMILES string of the molecule is COc1ccc(C(C)=O)cc1CC(=O)Nc1cc(C)nn1C. The van der Waals surface area contributed by atoms with Gasteiger partial charge in [-0.25, -0.2) is 0 Å². The summed E-state index contributed by atoms with van der Waals surface area (Å²) in [5.41, 5.74) is 2.06. The molecule has 0 spiro atoms. The minimum Gasteiger partial charge on any atom is -0.496 e. The van der Waals surface area contributed by atoms with Crippen LogP contribution in [-0.2, 0) is 18.3 Å². The fourth-order valence-corrected chi connectivity index (χ4v) is 2.22. The molecule has 0 aliphatic carbocycles. The molecule has 1 aromatic heterocycles. The predicted molar refractivity (Wildman–Crippen MR) is 83.3 cm³/mol. The van der Waals surface area contributed by atoms with Crippen molar-refractivity contribution in [1.82, 2.24) is 9.78 Å². The average molecular weight is 301 g/mol. The van der Waals surface area contributed by atoms with E-state index in [2.05, 4.69) is 10.4 Å². The third-order valence-corrected chi connectivity index (χ3v) is 3.31. The van der Waals surface area contributed by atoms with Crippen molar-refractivity contribution in [2.75, 3.05) is 12.4 Å². The Morgan fingerprint density at radius 2 is 2.05 bits per heavy atom. The van der Waals surface area contributed by atoms with E-state index in [4.69, 9.17) is 4.74 Å². The molecule has 0 atom stereocenters. The summed E-state index contributed by atoms with van der Waals surface area (Å²) in [7, 11) is 3.30. The number of benzene rings is 1. The molecule has 0 saturated heterocycles. The van der Waals surface area contributed by atoms with Gasteiger partial charge in [0.25, 0.3) is 0 Å². The van der Waals surface area contributed by atoms with Crippen LogP contribution < -0.4 is 10.1 Å². The number of carbonyl (C=O) groups excluding carboxylic acids is 2. The maximum atomic E-state index is 12.2. The Hall–Kier alpha value is -2.63. The molecule has 6 heteroatoms.